The second-order valence-corrected chi connectivity index (χ2v) is 5.72. The Labute approximate surface area is 116 Å². The second-order valence-electron chi connectivity index (χ2n) is 4.80. The first kappa shape index (κ1) is 14.0. The molecule has 4 heteroatoms. The van der Waals surface area contributed by atoms with Crippen molar-refractivity contribution in [1.82, 2.24) is 5.32 Å². The summed E-state index contributed by atoms with van der Waals surface area (Å²) in [7, 11) is 0. The molecule has 1 saturated carbocycles. The topological polar surface area (TPSA) is 21.3 Å². The molecule has 0 heterocycles. The number of nitrogens with one attached hydrogen (secondary N) is 1. The van der Waals surface area contributed by atoms with Crippen LogP contribution in [0.3, 0.4) is 0 Å². The molecule has 1 unspecified atom stereocenters. The van der Waals surface area contributed by atoms with Crippen molar-refractivity contribution >= 4 is 15.9 Å². The summed E-state index contributed by atoms with van der Waals surface area (Å²) >= 11 is 3.38. The molecular weight excluding hydrogens is 297 g/mol. The van der Waals surface area contributed by atoms with E-state index in [-0.39, 0.29) is 11.9 Å². The van der Waals surface area contributed by atoms with Crippen LogP contribution in [0.1, 0.15) is 38.3 Å². The summed E-state index contributed by atoms with van der Waals surface area (Å²) in [5.74, 6) is -0.154. The Morgan fingerprint density at radius 1 is 1.50 bits per heavy atom. The third kappa shape index (κ3) is 3.31. The fourth-order valence-corrected chi connectivity index (χ4v) is 2.74. The quantitative estimate of drug-likeness (QED) is 0.892. The van der Waals surface area contributed by atoms with Gasteiger partial charge in [0, 0.05) is 28.7 Å². The van der Waals surface area contributed by atoms with Crippen LogP contribution >= 0.6 is 15.9 Å². The molecule has 1 fully saturated rings. The predicted octanol–water partition coefficient (Wildman–Crippen LogP) is 3.81. The minimum absolute atomic E-state index is 0.0232. The van der Waals surface area contributed by atoms with Gasteiger partial charge in [-0.2, -0.15) is 0 Å². The molecule has 0 aliphatic heterocycles. The minimum Gasteiger partial charge on any atom is -0.378 e. The van der Waals surface area contributed by atoms with Gasteiger partial charge in [0.25, 0.3) is 0 Å². The zero-order valence-electron chi connectivity index (χ0n) is 10.7. The lowest BCUT2D eigenvalue weighted by molar-refractivity contribution is -0.0120. The number of hydrogen-bond acceptors (Lipinski definition) is 2. The van der Waals surface area contributed by atoms with E-state index in [0.29, 0.717) is 17.7 Å². The van der Waals surface area contributed by atoms with Gasteiger partial charge in [0.05, 0.1) is 6.10 Å². The van der Waals surface area contributed by atoms with Crippen LogP contribution in [-0.4, -0.2) is 18.8 Å². The molecule has 0 amide bonds. The van der Waals surface area contributed by atoms with E-state index >= 15 is 0 Å². The van der Waals surface area contributed by atoms with E-state index < -0.39 is 0 Å². The van der Waals surface area contributed by atoms with Crippen LogP contribution in [-0.2, 0) is 4.74 Å². The average molecular weight is 316 g/mol. The average Bonchev–Trinajstić information content (AvgIpc) is 2.29. The molecule has 1 aliphatic carbocycles. The highest BCUT2D eigenvalue weighted by Gasteiger charge is 2.30. The summed E-state index contributed by atoms with van der Waals surface area (Å²) in [4.78, 5) is 0. The van der Waals surface area contributed by atoms with Crippen molar-refractivity contribution in [2.75, 3.05) is 6.61 Å². The van der Waals surface area contributed by atoms with Gasteiger partial charge >= 0.3 is 0 Å². The maximum absolute atomic E-state index is 13.7. The van der Waals surface area contributed by atoms with Crippen LogP contribution in [0.5, 0.6) is 0 Å². The standard InChI is InChI=1S/C14H19BrFNO/c1-3-18-12-7-11(8-12)17-9(2)13-6-10(15)4-5-14(13)16/h4-6,9,11-12,17H,3,7-8H2,1-2H3. The summed E-state index contributed by atoms with van der Waals surface area (Å²) in [6.45, 7) is 4.78. The molecule has 100 valence electrons. The van der Waals surface area contributed by atoms with Gasteiger partial charge in [-0.25, -0.2) is 4.39 Å². The molecule has 1 aromatic rings. The molecule has 1 atom stereocenters. The van der Waals surface area contributed by atoms with Gasteiger partial charge in [-0.3, -0.25) is 0 Å². The Hall–Kier alpha value is -0.450. The third-order valence-corrected chi connectivity index (χ3v) is 3.90. The van der Waals surface area contributed by atoms with Gasteiger partial charge in [0.2, 0.25) is 0 Å². The van der Waals surface area contributed by atoms with E-state index in [1.54, 1.807) is 6.07 Å². The Balaban J connectivity index is 1.89. The van der Waals surface area contributed by atoms with Crippen LogP contribution in [0, 0.1) is 5.82 Å². The summed E-state index contributed by atoms with van der Waals surface area (Å²) in [5, 5.41) is 3.45. The number of rotatable bonds is 5. The van der Waals surface area contributed by atoms with Crippen LogP contribution in [0.25, 0.3) is 0 Å². The highest BCUT2D eigenvalue weighted by Crippen LogP contribution is 2.28. The van der Waals surface area contributed by atoms with E-state index in [4.69, 9.17) is 4.74 Å². The molecule has 0 aromatic heterocycles. The molecule has 2 rings (SSSR count). The zero-order valence-corrected chi connectivity index (χ0v) is 12.3. The van der Waals surface area contributed by atoms with Crippen LogP contribution in [0.2, 0.25) is 0 Å². The van der Waals surface area contributed by atoms with Crippen LogP contribution in [0.4, 0.5) is 4.39 Å². The molecule has 0 bridgehead atoms. The number of benzene rings is 1. The van der Waals surface area contributed by atoms with Crippen LogP contribution < -0.4 is 5.32 Å². The molecule has 0 radical (unpaired) electrons. The molecule has 1 N–H and O–H groups in total. The summed E-state index contributed by atoms with van der Waals surface area (Å²) in [6, 6.07) is 5.53. The Morgan fingerprint density at radius 3 is 2.89 bits per heavy atom. The zero-order chi connectivity index (χ0) is 13.1. The highest BCUT2D eigenvalue weighted by atomic mass is 79.9. The maximum Gasteiger partial charge on any atom is 0.128 e. The van der Waals surface area contributed by atoms with Gasteiger partial charge < -0.3 is 10.1 Å². The lowest BCUT2D eigenvalue weighted by atomic mass is 9.88. The first-order chi connectivity index (χ1) is 8.60. The van der Waals surface area contributed by atoms with Gasteiger partial charge in [-0.15, -0.1) is 0 Å². The largest absolute Gasteiger partial charge is 0.378 e. The molecule has 0 spiro atoms. The lowest BCUT2D eigenvalue weighted by Crippen LogP contribution is -2.46. The van der Waals surface area contributed by atoms with Crippen molar-refractivity contribution in [2.24, 2.45) is 0 Å². The first-order valence-electron chi connectivity index (χ1n) is 6.42. The Bertz CT molecular complexity index is 407. The number of ether oxygens (including phenoxy) is 1. The fourth-order valence-electron chi connectivity index (χ4n) is 2.36. The normalized spacial score (nSPS) is 24.7. The number of halogens is 2. The summed E-state index contributed by atoms with van der Waals surface area (Å²) < 4.78 is 20.1. The molecule has 0 saturated heterocycles. The summed E-state index contributed by atoms with van der Waals surface area (Å²) in [6.07, 6.45) is 2.42. The summed E-state index contributed by atoms with van der Waals surface area (Å²) in [5.41, 5.74) is 0.712. The fraction of sp³-hybridized carbons (Fsp3) is 0.571. The third-order valence-electron chi connectivity index (χ3n) is 3.41. The van der Waals surface area contributed by atoms with E-state index in [1.807, 2.05) is 19.9 Å². The second kappa shape index (κ2) is 6.13. The molecular formula is C14H19BrFNO. The van der Waals surface area contributed by atoms with Crippen molar-refractivity contribution in [3.63, 3.8) is 0 Å². The first-order valence-corrected chi connectivity index (χ1v) is 7.22. The van der Waals surface area contributed by atoms with E-state index in [0.717, 1.165) is 23.9 Å². The van der Waals surface area contributed by atoms with E-state index in [1.165, 1.54) is 6.07 Å². The molecule has 18 heavy (non-hydrogen) atoms. The van der Waals surface area contributed by atoms with Crippen molar-refractivity contribution in [2.45, 2.75) is 44.9 Å². The van der Waals surface area contributed by atoms with Crippen molar-refractivity contribution in [3.8, 4) is 0 Å². The molecule has 2 nitrogen and oxygen atoms in total. The van der Waals surface area contributed by atoms with Crippen molar-refractivity contribution < 1.29 is 9.13 Å². The highest BCUT2D eigenvalue weighted by molar-refractivity contribution is 9.10. The maximum atomic E-state index is 13.7. The minimum atomic E-state index is -0.154. The Morgan fingerprint density at radius 2 is 2.22 bits per heavy atom. The van der Waals surface area contributed by atoms with Gasteiger partial charge in [0.1, 0.15) is 5.82 Å². The Kier molecular flexibility index (Phi) is 4.76. The van der Waals surface area contributed by atoms with Crippen molar-refractivity contribution in [3.05, 3.63) is 34.1 Å². The molecule has 1 aromatic carbocycles. The van der Waals surface area contributed by atoms with E-state index in [2.05, 4.69) is 21.2 Å². The number of hydrogen-bond donors (Lipinski definition) is 1. The van der Waals surface area contributed by atoms with Crippen LogP contribution in [0.15, 0.2) is 22.7 Å². The lowest BCUT2D eigenvalue weighted by Gasteiger charge is -2.37. The smallest absolute Gasteiger partial charge is 0.128 e. The monoisotopic (exact) mass is 315 g/mol. The SMILES string of the molecule is CCOC1CC(NC(C)c2cc(Br)ccc2F)C1. The van der Waals surface area contributed by atoms with Crippen molar-refractivity contribution in [1.29, 1.82) is 0 Å². The van der Waals surface area contributed by atoms with Gasteiger partial charge in [-0.1, -0.05) is 15.9 Å². The predicted molar refractivity (Wildman–Crippen MR) is 74.1 cm³/mol. The van der Waals surface area contributed by atoms with E-state index in [9.17, 15) is 4.39 Å². The van der Waals surface area contributed by atoms with Gasteiger partial charge in [0.15, 0.2) is 0 Å². The molecule has 1 aliphatic rings. The van der Waals surface area contributed by atoms with Gasteiger partial charge in [-0.05, 0) is 44.9 Å².